The zero-order valence-corrected chi connectivity index (χ0v) is 41.4. The molecule has 360 valence electrons. The van der Waals surface area contributed by atoms with Crippen LogP contribution in [-0.2, 0) is 43.3 Å². The Balaban J connectivity index is 1.14. The van der Waals surface area contributed by atoms with Crippen molar-refractivity contribution in [2.24, 2.45) is 16.2 Å². The Labute approximate surface area is 389 Å². The number of carbonyl (C=O) groups excluding carboxylic acids is 3. The van der Waals surface area contributed by atoms with Gasteiger partial charge in [-0.25, -0.2) is 24.2 Å². The molecule has 0 spiro atoms. The van der Waals surface area contributed by atoms with Crippen molar-refractivity contribution in [3.8, 4) is 16.9 Å². The Bertz CT molecular complexity index is 2370. The lowest BCUT2D eigenvalue weighted by Gasteiger charge is -2.69. The van der Waals surface area contributed by atoms with Crippen LogP contribution < -0.4 is 9.64 Å². The second-order valence-corrected chi connectivity index (χ2v) is 23.4. The monoisotopic (exact) mass is 914 g/mol. The number of rotatable bonds is 13. The van der Waals surface area contributed by atoms with Crippen LogP contribution in [0.3, 0.4) is 0 Å². The molecule has 4 saturated carbocycles. The highest BCUT2D eigenvalue weighted by Crippen LogP contribution is 2.72. The number of aromatic nitrogens is 3. The lowest BCUT2D eigenvalue weighted by molar-refractivity contribution is -0.248. The van der Waals surface area contributed by atoms with Crippen molar-refractivity contribution in [3.05, 3.63) is 58.5 Å². The van der Waals surface area contributed by atoms with Crippen molar-refractivity contribution in [3.63, 3.8) is 0 Å². The molecular weight excluding hydrogens is 843 g/mol. The molecule has 0 radical (unpaired) electrons. The molecule has 1 N–H and O–H groups in total. The summed E-state index contributed by atoms with van der Waals surface area (Å²) in [7, 11) is 1.75. The summed E-state index contributed by atoms with van der Waals surface area (Å²) < 4.78 is 31.9. The predicted octanol–water partition coefficient (Wildman–Crippen LogP) is 9.19. The van der Waals surface area contributed by atoms with Crippen LogP contribution in [0.15, 0.2) is 30.5 Å². The van der Waals surface area contributed by atoms with E-state index in [9.17, 15) is 24.3 Å². The lowest BCUT2D eigenvalue weighted by atomic mass is 9.39. The summed E-state index contributed by atoms with van der Waals surface area (Å²) in [6, 6.07) is 6.82. The summed E-state index contributed by atoms with van der Waals surface area (Å²) in [6.07, 6.45) is 8.00. The average Bonchev–Trinajstić information content (AvgIpc) is 3.50. The molecule has 4 aliphatic carbocycles. The summed E-state index contributed by atoms with van der Waals surface area (Å²) in [5.74, 6) is -1.27. The Hall–Kier alpha value is -5.18. The van der Waals surface area contributed by atoms with E-state index in [1.807, 2.05) is 71.7 Å². The zero-order chi connectivity index (χ0) is 48.4. The molecule has 4 fully saturated rings. The largest absolute Gasteiger partial charge is 0.482 e. The number of amides is 1. The molecule has 4 bridgehead atoms. The van der Waals surface area contributed by atoms with Gasteiger partial charge in [0.1, 0.15) is 28.4 Å². The van der Waals surface area contributed by atoms with E-state index in [-0.39, 0.29) is 52.3 Å². The topological polar surface area (TPSA) is 172 Å². The minimum atomic E-state index is -1.08. The molecular formula is C51H71N5O10. The lowest BCUT2D eigenvalue weighted by Crippen LogP contribution is -2.64. The third kappa shape index (κ3) is 10.8. The van der Waals surface area contributed by atoms with Gasteiger partial charge in [0.15, 0.2) is 12.3 Å². The molecule has 1 aliphatic heterocycles. The van der Waals surface area contributed by atoms with E-state index in [1.54, 1.807) is 38.8 Å². The van der Waals surface area contributed by atoms with Crippen LogP contribution in [0.5, 0.6) is 5.75 Å². The van der Waals surface area contributed by atoms with Crippen LogP contribution in [0.4, 0.5) is 10.6 Å². The quantitative estimate of drug-likeness (QED) is 0.127. The molecule has 3 aromatic rings. The van der Waals surface area contributed by atoms with E-state index in [4.69, 9.17) is 33.8 Å². The highest BCUT2D eigenvalue weighted by molar-refractivity contribution is 5.96. The van der Waals surface area contributed by atoms with Gasteiger partial charge in [-0.3, -0.25) is 4.68 Å². The first-order chi connectivity index (χ1) is 30.5. The summed E-state index contributed by atoms with van der Waals surface area (Å²) in [4.78, 5) is 60.4. The van der Waals surface area contributed by atoms with Gasteiger partial charge in [-0.05, 0) is 160 Å². The number of ether oxygens (including phenoxy) is 5. The second-order valence-electron chi connectivity index (χ2n) is 23.4. The normalized spacial score (nSPS) is 24.7. The third-order valence-electron chi connectivity index (χ3n) is 13.2. The minimum Gasteiger partial charge on any atom is -0.482 e. The molecule has 0 saturated heterocycles. The smallest absolute Gasteiger partial charge is 0.410 e. The Morgan fingerprint density at radius 2 is 1.45 bits per heavy atom. The van der Waals surface area contributed by atoms with Crippen molar-refractivity contribution in [1.82, 2.24) is 19.7 Å². The van der Waals surface area contributed by atoms with Crippen LogP contribution in [-0.4, -0.2) is 105 Å². The molecule has 15 heteroatoms. The van der Waals surface area contributed by atoms with Crippen LogP contribution in [0.1, 0.15) is 152 Å². The number of esters is 2. The fraction of sp³-hybridized carbons (Fsp3) is 0.647. The molecule has 8 rings (SSSR count). The summed E-state index contributed by atoms with van der Waals surface area (Å²) in [6.45, 7) is 25.1. The molecule has 66 heavy (non-hydrogen) atoms. The van der Waals surface area contributed by atoms with E-state index in [2.05, 4.69) is 18.5 Å². The van der Waals surface area contributed by atoms with Crippen molar-refractivity contribution in [2.45, 2.75) is 164 Å². The van der Waals surface area contributed by atoms with Gasteiger partial charge >= 0.3 is 24.0 Å². The first-order valence-corrected chi connectivity index (χ1v) is 23.3. The first-order valence-electron chi connectivity index (χ1n) is 23.3. The van der Waals surface area contributed by atoms with Crippen LogP contribution in [0.25, 0.3) is 11.1 Å². The number of benzene rings is 1. The fourth-order valence-corrected chi connectivity index (χ4v) is 12.2. The molecule has 1 amide bonds. The first kappa shape index (κ1) is 48.7. The summed E-state index contributed by atoms with van der Waals surface area (Å²) in [5.41, 5.74) is 1.56. The van der Waals surface area contributed by atoms with Gasteiger partial charge in [-0.15, -0.1) is 0 Å². The SMILES string of the molecule is Cc1c(-c2ccc(N3CCc4c(OCC(=O)OC(C)(C)C)ccc(C(=O)O)c4C3)nc2C(=O)OC(C)(C)C)cnn1CC12CC3(C)CC(C)(C1)CC(OCCN(C)C(=O)OC(C)(C)C)(C3)C2. The number of hydrogen-bond donors (Lipinski definition) is 1. The van der Waals surface area contributed by atoms with E-state index in [0.717, 1.165) is 49.8 Å². The summed E-state index contributed by atoms with van der Waals surface area (Å²) in [5, 5.41) is 15.2. The van der Waals surface area contributed by atoms with Crippen LogP contribution >= 0.6 is 0 Å². The zero-order valence-electron chi connectivity index (χ0n) is 41.4. The van der Waals surface area contributed by atoms with Gasteiger partial charge in [0.2, 0.25) is 0 Å². The Morgan fingerprint density at radius 3 is 2.08 bits per heavy atom. The average molecular weight is 914 g/mol. The van der Waals surface area contributed by atoms with Crippen molar-refractivity contribution in [2.75, 3.05) is 38.3 Å². The Kier molecular flexibility index (Phi) is 12.7. The van der Waals surface area contributed by atoms with Crippen molar-refractivity contribution >= 4 is 29.8 Å². The van der Waals surface area contributed by atoms with Crippen LogP contribution in [0, 0.1) is 23.2 Å². The van der Waals surface area contributed by atoms with E-state index >= 15 is 0 Å². The molecule has 2 unspecified atom stereocenters. The van der Waals surface area contributed by atoms with E-state index < -0.39 is 34.7 Å². The molecule has 2 aromatic heterocycles. The maximum absolute atomic E-state index is 14.1. The Morgan fingerprint density at radius 1 is 0.803 bits per heavy atom. The number of pyridine rings is 1. The van der Waals surface area contributed by atoms with Gasteiger partial charge in [-0.2, -0.15) is 5.10 Å². The number of carboxylic acids is 1. The maximum atomic E-state index is 14.1. The third-order valence-corrected chi connectivity index (χ3v) is 13.2. The fourth-order valence-electron chi connectivity index (χ4n) is 12.2. The minimum absolute atomic E-state index is 0.0700. The van der Waals surface area contributed by atoms with E-state index in [0.29, 0.717) is 60.9 Å². The molecule has 3 heterocycles. The van der Waals surface area contributed by atoms with Gasteiger partial charge in [-0.1, -0.05) is 13.8 Å². The number of carboxylic acid groups (broad SMARTS) is 1. The highest BCUT2D eigenvalue weighted by atomic mass is 16.6. The van der Waals surface area contributed by atoms with Gasteiger partial charge < -0.3 is 38.6 Å². The van der Waals surface area contributed by atoms with Crippen LogP contribution in [0.2, 0.25) is 0 Å². The van der Waals surface area contributed by atoms with Gasteiger partial charge in [0.05, 0.1) is 24.0 Å². The standard InChI is InChI=1S/C51H71N5O10/c1-32-36(22-52-56(32)31-50-26-48(11)25-49(12,27-50)29-51(28-48,30-50)63-21-20-54(13)44(61)66-47(8,9)10)34-15-17-39(53-41(34)43(60)65-46(5,6)7)55-19-18-33-37(23-55)35(42(58)59)14-16-38(33)62-24-40(57)64-45(2,3)4/h14-17,22H,18-21,23-31H2,1-13H3,(H,58,59). The molecule has 15 nitrogen and oxygen atoms in total. The molecule has 2 atom stereocenters. The van der Waals surface area contributed by atoms with Crippen molar-refractivity contribution < 1.29 is 48.0 Å². The molecule has 5 aliphatic rings. The van der Waals surface area contributed by atoms with Gasteiger partial charge in [0.25, 0.3) is 0 Å². The number of aromatic carboxylic acids is 1. The summed E-state index contributed by atoms with van der Waals surface area (Å²) >= 11 is 0. The molecule has 1 aromatic carbocycles. The van der Waals surface area contributed by atoms with Crippen molar-refractivity contribution in [1.29, 1.82) is 0 Å². The number of likely N-dealkylation sites (N-methyl/N-ethyl adjacent to an activating group) is 1. The number of nitrogens with zero attached hydrogens (tertiary/aromatic N) is 5. The highest BCUT2D eigenvalue weighted by Gasteiger charge is 2.66. The number of carbonyl (C=O) groups is 4. The second kappa shape index (κ2) is 17.2. The maximum Gasteiger partial charge on any atom is 0.410 e. The predicted molar refractivity (Wildman–Crippen MR) is 249 cm³/mol. The van der Waals surface area contributed by atoms with E-state index in [1.165, 1.54) is 6.07 Å². The number of hydrogen-bond acceptors (Lipinski definition) is 12. The van der Waals surface area contributed by atoms with Gasteiger partial charge in [0, 0.05) is 55.6 Å². The number of anilines is 1. The number of fused-ring (bicyclic) bond motifs is 1.